The second kappa shape index (κ2) is 5.29. The zero-order valence-corrected chi connectivity index (χ0v) is 11.6. The number of ether oxygens (including phenoxy) is 2. The van der Waals surface area contributed by atoms with Crippen LogP contribution < -0.4 is 9.47 Å². The fourth-order valence-electron chi connectivity index (χ4n) is 2.30. The van der Waals surface area contributed by atoms with E-state index < -0.39 is 0 Å². The highest BCUT2D eigenvalue weighted by Gasteiger charge is 2.08. The van der Waals surface area contributed by atoms with Gasteiger partial charge in [0.2, 0.25) is 0 Å². The lowest BCUT2D eigenvalue weighted by atomic mass is 10.1. The molecule has 20 heavy (non-hydrogen) atoms. The van der Waals surface area contributed by atoms with Gasteiger partial charge >= 0.3 is 0 Å². The van der Waals surface area contributed by atoms with E-state index in [0.29, 0.717) is 6.61 Å². The number of rotatable bonds is 4. The van der Waals surface area contributed by atoms with Crippen LogP contribution in [0.4, 0.5) is 0 Å². The third kappa shape index (κ3) is 2.35. The molecule has 0 saturated heterocycles. The monoisotopic (exact) mass is 268 g/mol. The summed E-state index contributed by atoms with van der Waals surface area (Å²) in [5.41, 5.74) is 3.15. The van der Waals surface area contributed by atoms with Gasteiger partial charge in [-0.15, -0.1) is 0 Å². The zero-order valence-electron chi connectivity index (χ0n) is 11.6. The predicted molar refractivity (Wildman–Crippen MR) is 78.3 cm³/mol. The molecule has 102 valence electrons. The minimum absolute atomic E-state index is 0.477. The lowest BCUT2D eigenvalue weighted by Crippen LogP contribution is -1.95. The SMILES string of the molecule is COc1cccc(OCc2coc3cccc(C)c23)c1. The molecule has 3 nitrogen and oxygen atoms in total. The Bertz CT molecular complexity index is 728. The second-order valence-electron chi connectivity index (χ2n) is 4.68. The summed E-state index contributed by atoms with van der Waals surface area (Å²) in [4.78, 5) is 0. The van der Waals surface area contributed by atoms with Gasteiger partial charge in [0, 0.05) is 17.0 Å². The van der Waals surface area contributed by atoms with E-state index in [-0.39, 0.29) is 0 Å². The number of hydrogen-bond acceptors (Lipinski definition) is 3. The average molecular weight is 268 g/mol. The summed E-state index contributed by atoms with van der Waals surface area (Å²) in [5, 5.41) is 1.13. The third-order valence-electron chi connectivity index (χ3n) is 3.32. The normalized spacial score (nSPS) is 10.7. The fourth-order valence-corrected chi connectivity index (χ4v) is 2.30. The molecule has 0 aliphatic rings. The Morgan fingerprint density at radius 1 is 1.05 bits per heavy atom. The van der Waals surface area contributed by atoms with Crippen molar-refractivity contribution >= 4 is 11.0 Å². The van der Waals surface area contributed by atoms with E-state index in [1.54, 1.807) is 13.4 Å². The number of aryl methyl sites for hydroxylation is 1. The second-order valence-corrected chi connectivity index (χ2v) is 4.68. The maximum Gasteiger partial charge on any atom is 0.134 e. The molecule has 0 aliphatic heterocycles. The summed E-state index contributed by atoms with van der Waals surface area (Å²) < 4.78 is 16.6. The van der Waals surface area contributed by atoms with Gasteiger partial charge in [0.1, 0.15) is 23.7 Å². The maximum atomic E-state index is 5.82. The molecular weight excluding hydrogens is 252 g/mol. The lowest BCUT2D eigenvalue weighted by molar-refractivity contribution is 0.303. The van der Waals surface area contributed by atoms with Gasteiger partial charge in [-0.3, -0.25) is 0 Å². The van der Waals surface area contributed by atoms with Crippen LogP contribution in [0.25, 0.3) is 11.0 Å². The van der Waals surface area contributed by atoms with Gasteiger partial charge in [0.25, 0.3) is 0 Å². The topological polar surface area (TPSA) is 31.6 Å². The molecule has 0 saturated carbocycles. The van der Waals surface area contributed by atoms with Gasteiger partial charge < -0.3 is 13.9 Å². The summed E-state index contributed by atoms with van der Waals surface area (Å²) in [7, 11) is 1.64. The summed E-state index contributed by atoms with van der Waals surface area (Å²) in [5.74, 6) is 1.57. The van der Waals surface area contributed by atoms with Gasteiger partial charge in [0.05, 0.1) is 13.4 Å². The molecule has 0 atom stereocenters. The number of hydrogen-bond donors (Lipinski definition) is 0. The Hall–Kier alpha value is -2.42. The molecule has 0 radical (unpaired) electrons. The number of methoxy groups -OCH3 is 1. The molecule has 0 fully saturated rings. The predicted octanol–water partition coefficient (Wildman–Crippen LogP) is 4.33. The van der Waals surface area contributed by atoms with Crippen molar-refractivity contribution in [1.29, 1.82) is 0 Å². The van der Waals surface area contributed by atoms with Crippen LogP contribution in [0, 0.1) is 6.92 Å². The van der Waals surface area contributed by atoms with Gasteiger partial charge in [-0.25, -0.2) is 0 Å². The third-order valence-corrected chi connectivity index (χ3v) is 3.32. The van der Waals surface area contributed by atoms with E-state index >= 15 is 0 Å². The zero-order chi connectivity index (χ0) is 13.9. The van der Waals surface area contributed by atoms with Gasteiger partial charge in [-0.1, -0.05) is 18.2 Å². The molecule has 0 aliphatic carbocycles. The van der Waals surface area contributed by atoms with E-state index in [2.05, 4.69) is 13.0 Å². The van der Waals surface area contributed by atoms with Crippen molar-refractivity contribution in [2.24, 2.45) is 0 Å². The average Bonchev–Trinajstić information content (AvgIpc) is 2.90. The summed E-state index contributed by atoms with van der Waals surface area (Å²) in [6.07, 6.45) is 1.76. The molecule has 1 heterocycles. The van der Waals surface area contributed by atoms with Crippen molar-refractivity contribution in [3.63, 3.8) is 0 Å². The number of fused-ring (bicyclic) bond motifs is 1. The Morgan fingerprint density at radius 2 is 1.85 bits per heavy atom. The number of benzene rings is 2. The molecular formula is C17H16O3. The number of furan rings is 1. The van der Waals surface area contributed by atoms with Crippen LogP contribution in [-0.2, 0) is 6.61 Å². The van der Waals surface area contributed by atoms with Crippen LogP contribution >= 0.6 is 0 Å². The van der Waals surface area contributed by atoms with Crippen molar-refractivity contribution in [3.8, 4) is 11.5 Å². The molecule has 0 bridgehead atoms. The molecule has 3 aromatic rings. The quantitative estimate of drug-likeness (QED) is 0.705. The van der Waals surface area contributed by atoms with E-state index in [4.69, 9.17) is 13.9 Å². The Balaban J connectivity index is 1.83. The molecule has 0 N–H and O–H groups in total. The van der Waals surface area contributed by atoms with Crippen LogP contribution in [0.5, 0.6) is 11.5 Å². The minimum Gasteiger partial charge on any atom is -0.497 e. The smallest absolute Gasteiger partial charge is 0.134 e. The Morgan fingerprint density at radius 3 is 2.70 bits per heavy atom. The Kier molecular flexibility index (Phi) is 3.33. The molecule has 0 amide bonds. The Labute approximate surface area is 117 Å². The van der Waals surface area contributed by atoms with Crippen molar-refractivity contribution in [3.05, 3.63) is 59.9 Å². The highest BCUT2D eigenvalue weighted by atomic mass is 16.5. The van der Waals surface area contributed by atoms with Gasteiger partial charge in [0.15, 0.2) is 0 Å². The van der Waals surface area contributed by atoms with Crippen LogP contribution in [0.3, 0.4) is 0 Å². The molecule has 1 aromatic heterocycles. The lowest BCUT2D eigenvalue weighted by Gasteiger charge is -2.07. The maximum absolute atomic E-state index is 5.82. The van der Waals surface area contributed by atoms with Crippen LogP contribution in [-0.4, -0.2) is 7.11 Å². The molecule has 3 heteroatoms. The van der Waals surface area contributed by atoms with Crippen molar-refractivity contribution in [2.45, 2.75) is 13.5 Å². The van der Waals surface area contributed by atoms with E-state index in [1.165, 1.54) is 5.56 Å². The van der Waals surface area contributed by atoms with Crippen LogP contribution in [0.1, 0.15) is 11.1 Å². The van der Waals surface area contributed by atoms with Crippen LogP contribution in [0.15, 0.2) is 53.1 Å². The highest BCUT2D eigenvalue weighted by Crippen LogP contribution is 2.26. The largest absolute Gasteiger partial charge is 0.497 e. The first kappa shape index (κ1) is 12.6. The molecule has 0 unspecified atom stereocenters. The molecule has 2 aromatic carbocycles. The summed E-state index contributed by atoms with van der Waals surface area (Å²) in [6, 6.07) is 13.6. The van der Waals surface area contributed by atoms with E-state index in [9.17, 15) is 0 Å². The fraction of sp³-hybridized carbons (Fsp3) is 0.176. The van der Waals surface area contributed by atoms with E-state index in [1.807, 2.05) is 36.4 Å². The van der Waals surface area contributed by atoms with Crippen molar-refractivity contribution in [1.82, 2.24) is 0 Å². The molecule has 3 rings (SSSR count). The van der Waals surface area contributed by atoms with Crippen molar-refractivity contribution < 1.29 is 13.9 Å². The first-order valence-electron chi connectivity index (χ1n) is 6.50. The van der Waals surface area contributed by atoms with Gasteiger partial charge in [-0.05, 0) is 30.7 Å². The highest BCUT2D eigenvalue weighted by molar-refractivity contribution is 5.84. The standard InChI is InChI=1S/C17H16O3/c1-12-5-3-8-16-17(12)13(11-20-16)10-19-15-7-4-6-14(9-15)18-2/h3-9,11H,10H2,1-2H3. The molecule has 0 spiro atoms. The van der Waals surface area contributed by atoms with Gasteiger partial charge in [-0.2, -0.15) is 0 Å². The first-order chi connectivity index (χ1) is 9.78. The summed E-state index contributed by atoms with van der Waals surface area (Å²) in [6.45, 7) is 2.55. The van der Waals surface area contributed by atoms with Crippen LogP contribution in [0.2, 0.25) is 0 Å². The minimum atomic E-state index is 0.477. The van der Waals surface area contributed by atoms with Crippen molar-refractivity contribution in [2.75, 3.05) is 7.11 Å². The first-order valence-corrected chi connectivity index (χ1v) is 6.50. The van der Waals surface area contributed by atoms with E-state index in [0.717, 1.165) is 28.0 Å². The summed E-state index contributed by atoms with van der Waals surface area (Å²) >= 11 is 0.